The summed E-state index contributed by atoms with van der Waals surface area (Å²) in [5, 5.41) is 10.6. The summed E-state index contributed by atoms with van der Waals surface area (Å²) >= 11 is 0. The fraction of sp³-hybridized carbons (Fsp3) is 0.722. The molecule has 3 N–H and O–H groups in total. The molecule has 0 rings (SSSR count). The molecule has 0 fully saturated rings. The lowest BCUT2D eigenvalue weighted by Crippen LogP contribution is -2.30. The third-order valence-electron chi connectivity index (χ3n) is 15.8. The van der Waals surface area contributed by atoms with Gasteiger partial charge in [-0.3, -0.25) is 37.3 Å². The Bertz CT molecular complexity index is 2290. The van der Waals surface area contributed by atoms with Gasteiger partial charge < -0.3 is 33.8 Å². The van der Waals surface area contributed by atoms with E-state index in [2.05, 4.69) is 113 Å². The van der Waals surface area contributed by atoms with Crippen molar-refractivity contribution in [1.82, 2.24) is 0 Å². The van der Waals surface area contributed by atoms with E-state index in [9.17, 15) is 43.2 Å². The summed E-state index contributed by atoms with van der Waals surface area (Å²) in [5.41, 5.74) is 0. The molecule has 0 aromatic carbocycles. The Morgan fingerprint density at radius 1 is 0.306 bits per heavy atom. The van der Waals surface area contributed by atoms with Gasteiger partial charge in [0.15, 0.2) is 12.2 Å². The molecule has 0 aliphatic rings. The molecule has 0 saturated heterocycles. The van der Waals surface area contributed by atoms with Crippen LogP contribution in [0.3, 0.4) is 0 Å². The molecule has 0 amide bonds. The normalized spacial score (nSPS) is 14.6. The summed E-state index contributed by atoms with van der Waals surface area (Å²) in [6.07, 6.45) is 75.5. The second-order valence-corrected chi connectivity index (χ2v) is 28.1. The van der Waals surface area contributed by atoms with Crippen molar-refractivity contribution in [3.63, 3.8) is 0 Å². The van der Waals surface area contributed by atoms with Gasteiger partial charge in [0.05, 0.1) is 32.8 Å². The van der Waals surface area contributed by atoms with E-state index in [0.717, 1.165) is 122 Å². The predicted octanol–water partition coefficient (Wildman–Crippen LogP) is 21.8. The molecule has 0 aliphatic heterocycles. The zero-order valence-electron chi connectivity index (χ0n) is 61.4. The van der Waals surface area contributed by atoms with Crippen molar-refractivity contribution >= 4 is 39.5 Å². The number of carbonyl (C=O) groups excluding carboxylic acids is 4. The van der Waals surface area contributed by atoms with E-state index in [1.807, 2.05) is 12.2 Å². The van der Waals surface area contributed by atoms with Gasteiger partial charge in [-0.15, -0.1) is 0 Å². The van der Waals surface area contributed by atoms with E-state index in [1.165, 1.54) is 109 Å². The van der Waals surface area contributed by atoms with Crippen LogP contribution in [0.5, 0.6) is 0 Å². The van der Waals surface area contributed by atoms with Crippen LogP contribution in [0.25, 0.3) is 0 Å². The molecule has 0 aromatic rings. The van der Waals surface area contributed by atoms with Crippen LogP contribution >= 0.6 is 15.6 Å². The molecule has 0 heterocycles. The van der Waals surface area contributed by atoms with Gasteiger partial charge in [-0.2, -0.15) is 0 Å². The Labute approximate surface area is 594 Å². The highest BCUT2D eigenvalue weighted by molar-refractivity contribution is 7.47. The third kappa shape index (κ3) is 70.2. The number of ether oxygens (including phenoxy) is 4. The van der Waals surface area contributed by atoms with E-state index in [-0.39, 0.29) is 25.7 Å². The lowest BCUT2D eigenvalue weighted by Gasteiger charge is -2.21. The first kappa shape index (κ1) is 93.7. The molecule has 0 bridgehead atoms. The molecule has 0 spiro atoms. The number of hydrogen-bond acceptors (Lipinski definition) is 15. The van der Waals surface area contributed by atoms with Gasteiger partial charge in [-0.25, -0.2) is 9.13 Å². The average molecular weight is 1420 g/mol. The van der Waals surface area contributed by atoms with Crippen molar-refractivity contribution < 1.29 is 80.2 Å². The highest BCUT2D eigenvalue weighted by Gasteiger charge is 2.30. The maximum absolute atomic E-state index is 13.1. The lowest BCUT2D eigenvalue weighted by molar-refractivity contribution is -0.161. The molecular formula is C79H136O17P2. The van der Waals surface area contributed by atoms with Gasteiger partial charge >= 0.3 is 39.5 Å². The van der Waals surface area contributed by atoms with Gasteiger partial charge in [-0.1, -0.05) is 304 Å². The van der Waals surface area contributed by atoms with Crippen LogP contribution in [-0.2, 0) is 65.4 Å². The SMILES string of the molecule is CC/C=C\C/C=C\C/C=C\C/C=C\C/C=C\CC(=O)OC(COC(=O)CCCCCC/C=C\C/C=C\C/C=C\C/C=C\CC)COP(=O)(O)OCC(O)COP(=O)(O)OCC(COC(=O)CCCCCCCCCCCCCCCCC)OC(=O)CCCCCCCCCCCCC. The first-order valence-corrected chi connectivity index (χ1v) is 41.1. The Hall–Kier alpha value is -4.28. The van der Waals surface area contributed by atoms with Crippen molar-refractivity contribution in [2.75, 3.05) is 39.6 Å². The maximum Gasteiger partial charge on any atom is 0.472 e. The number of allylic oxidation sites excluding steroid dienone is 17. The number of rotatable bonds is 71. The first-order chi connectivity index (χ1) is 47.7. The Morgan fingerprint density at radius 2 is 0.571 bits per heavy atom. The van der Waals surface area contributed by atoms with E-state index in [1.54, 1.807) is 12.2 Å². The number of esters is 4. The van der Waals surface area contributed by atoms with E-state index in [0.29, 0.717) is 25.7 Å². The van der Waals surface area contributed by atoms with Gasteiger partial charge in [0.2, 0.25) is 0 Å². The zero-order valence-corrected chi connectivity index (χ0v) is 63.2. The summed E-state index contributed by atoms with van der Waals surface area (Å²) in [6, 6.07) is 0. The van der Waals surface area contributed by atoms with E-state index >= 15 is 0 Å². The van der Waals surface area contributed by atoms with Gasteiger partial charge in [0.25, 0.3) is 0 Å². The third-order valence-corrected chi connectivity index (χ3v) is 17.7. The fourth-order valence-corrected chi connectivity index (χ4v) is 11.6. The number of aliphatic hydroxyl groups is 1. The maximum atomic E-state index is 13.1. The second kappa shape index (κ2) is 71.1. The number of unbranched alkanes of at least 4 members (excludes halogenated alkanes) is 28. The number of hydrogen-bond donors (Lipinski definition) is 3. The minimum atomic E-state index is -5.00. The standard InChI is InChI=1S/C79H136O17P2/c1-5-9-13-17-21-25-29-32-35-36-39-41-45-48-52-56-60-64-77(82)90-70-75(96-79(84)66-62-58-54-50-46-42-38-34-31-27-23-19-15-11-7-3)72-94-98(87,88)92-68-73(80)67-91-97(85,86)93-71-74(95-78(83)65-61-57-53-49-43-28-24-20-16-12-8-4)69-89-76(81)63-59-55-51-47-44-40-37-33-30-26-22-18-14-10-6-2/h9,11,13,15,21,23,25,27,32,34-35,38-39,41,46,50,58,62,73-75,80H,5-8,10,12,14,16-20,22,24,26,28-31,33,36-37,40,42-45,47-49,51-57,59-61,63-72H2,1-4H3,(H,85,86)(H,87,88)/b13-9-,15-11-,25-21-,27-23-,35-32-,38-34-,41-39-,50-46-,62-58-. The minimum absolute atomic E-state index is 0.0961. The summed E-state index contributed by atoms with van der Waals surface area (Å²) < 4.78 is 68.3. The molecule has 19 heteroatoms. The molecular weight excluding hydrogens is 1280 g/mol. The second-order valence-electron chi connectivity index (χ2n) is 25.2. The van der Waals surface area contributed by atoms with Crippen molar-refractivity contribution in [2.45, 2.75) is 329 Å². The van der Waals surface area contributed by atoms with Crippen molar-refractivity contribution in [3.05, 3.63) is 109 Å². The van der Waals surface area contributed by atoms with Crippen molar-refractivity contribution in [3.8, 4) is 0 Å². The number of phosphoric ester groups is 2. The van der Waals surface area contributed by atoms with E-state index in [4.69, 9.17) is 37.0 Å². The average Bonchev–Trinajstić information content (AvgIpc) is 0.980. The number of aliphatic hydroxyl groups excluding tert-OH is 1. The monoisotopic (exact) mass is 1420 g/mol. The van der Waals surface area contributed by atoms with Crippen LogP contribution in [0.1, 0.15) is 310 Å². The number of phosphoric acid groups is 2. The quantitative estimate of drug-likeness (QED) is 0.0169. The Morgan fingerprint density at radius 3 is 0.908 bits per heavy atom. The highest BCUT2D eigenvalue weighted by atomic mass is 31.2. The first-order valence-electron chi connectivity index (χ1n) is 38.1. The summed E-state index contributed by atoms with van der Waals surface area (Å²) in [5.74, 6) is -2.34. The van der Waals surface area contributed by atoms with Crippen LogP contribution in [-0.4, -0.2) is 96.7 Å². The van der Waals surface area contributed by atoms with Crippen LogP contribution in [0.4, 0.5) is 0 Å². The molecule has 17 nitrogen and oxygen atoms in total. The van der Waals surface area contributed by atoms with Crippen molar-refractivity contribution in [1.29, 1.82) is 0 Å². The molecule has 0 aromatic heterocycles. The van der Waals surface area contributed by atoms with Crippen molar-refractivity contribution in [2.24, 2.45) is 0 Å². The fourth-order valence-electron chi connectivity index (χ4n) is 10.1. The predicted molar refractivity (Wildman–Crippen MR) is 399 cm³/mol. The largest absolute Gasteiger partial charge is 0.472 e. The summed E-state index contributed by atoms with van der Waals surface area (Å²) in [6.45, 7) is 4.52. The van der Waals surface area contributed by atoms with Gasteiger partial charge in [-0.05, 0) is 89.9 Å². The lowest BCUT2D eigenvalue weighted by atomic mass is 10.0. The van der Waals surface area contributed by atoms with Crippen LogP contribution in [0.15, 0.2) is 109 Å². The zero-order chi connectivity index (χ0) is 71.8. The van der Waals surface area contributed by atoms with Crippen LogP contribution in [0.2, 0.25) is 0 Å². The van der Waals surface area contributed by atoms with E-state index < -0.39 is 97.5 Å². The molecule has 0 radical (unpaired) electrons. The highest BCUT2D eigenvalue weighted by Crippen LogP contribution is 2.45. The Balaban J connectivity index is 5.40. The van der Waals surface area contributed by atoms with Crippen LogP contribution < -0.4 is 0 Å². The smallest absolute Gasteiger partial charge is 0.462 e. The number of carbonyl (C=O) groups is 4. The van der Waals surface area contributed by atoms with Crippen LogP contribution in [0, 0.1) is 0 Å². The molecule has 98 heavy (non-hydrogen) atoms. The summed E-state index contributed by atoms with van der Waals surface area (Å²) in [7, 11) is -9.98. The molecule has 564 valence electrons. The molecule has 5 atom stereocenters. The topological polar surface area (TPSA) is 237 Å². The minimum Gasteiger partial charge on any atom is -0.462 e. The molecule has 0 aliphatic carbocycles. The van der Waals surface area contributed by atoms with Gasteiger partial charge in [0.1, 0.15) is 19.3 Å². The molecule has 5 unspecified atom stereocenters. The molecule has 0 saturated carbocycles. The van der Waals surface area contributed by atoms with Gasteiger partial charge in [0, 0.05) is 19.3 Å². The summed E-state index contributed by atoms with van der Waals surface area (Å²) in [4.78, 5) is 72.7. The Kier molecular flexibility index (Phi) is 68.0.